The quantitative estimate of drug-likeness (QED) is 0.601. The summed E-state index contributed by atoms with van der Waals surface area (Å²) in [4.78, 5) is 13.0. The van der Waals surface area contributed by atoms with Crippen molar-refractivity contribution in [2.75, 3.05) is 20.2 Å². The lowest BCUT2D eigenvalue weighted by atomic mass is 10.2. The minimum Gasteiger partial charge on any atom is -0.469 e. The Morgan fingerprint density at radius 3 is 2.71 bits per heavy atom. The predicted octanol–water partition coefficient (Wildman–Crippen LogP) is 1.17. The second kappa shape index (κ2) is 7.34. The summed E-state index contributed by atoms with van der Waals surface area (Å²) in [6.45, 7) is 5.51. The van der Waals surface area contributed by atoms with Gasteiger partial charge in [0.2, 0.25) is 0 Å². The van der Waals surface area contributed by atoms with Gasteiger partial charge in [0.05, 0.1) is 26.0 Å². The molecule has 0 N–H and O–H groups in total. The second-order valence-corrected chi connectivity index (χ2v) is 3.17. The Kier molecular flexibility index (Phi) is 6.77. The Morgan fingerprint density at radius 2 is 2.29 bits per heavy atom. The van der Waals surface area contributed by atoms with Crippen molar-refractivity contribution in [2.24, 2.45) is 0 Å². The second-order valence-electron chi connectivity index (χ2n) is 3.17. The fraction of sp³-hybridized carbons (Fsp3) is 0.800. The summed E-state index contributed by atoms with van der Waals surface area (Å²) in [6.07, 6.45) is 0.884. The van der Waals surface area contributed by atoms with Gasteiger partial charge in [-0.2, -0.15) is 5.26 Å². The lowest BCUT2D eigenvalue weighted by Crippen LogP contribution is -2.34. The SMILES string of the molecule is CCN(CCC(=O)OC)C(C)CC#N. The lowest BCUT2D eigenvalue weighted by molar-refractivity contribution is -0.141. The van der Waals surface area contributed by atoms with E-state index in [0.717, 1.165) is 6.54 Å². The number of rotatable bonds is 6. The van der Waals surface area contributed by atoms with Gasteiger partial charge >= 0.3 is 5.97 Å². The first-order chi connectivity index (χ1) is 6.65. The fourth-order valence-corrected chi connectivity index (χ4v) is 1.29. The summed E-state index contributed by atoms with van der Waals surface area (Å²) < 4.78 is 4.55. The Balaban J connectivity index is 3.90. The molecule has 0 aromatic rings. The minimum atomic E-state index is -0.201. The van der Waals surface area contributed by atoms with E-state index in [0.29, 0.717) is 19.4 Å². The van der Waals surface area contributed by atoms with Crippen LogP contribution in [0.2, 0.25) is 0 Å². The van der Waals surface area contributed by atoms with Crippen molar-refractivity contribution >= 4 is 5.97 Å². The first-order valence-corrected chi connectivity index (χ1v) is 4.83. The number of ether oxygens (including phenoxy) is 1. The number of carbonyl (C=O) groups excluding carboxylic acids is 1. The Labute approximate surface area is 85.5 Å². The highest BCUT2D eigenvalue weighted by Gasteiger charge is 2.12. The van der Waals surface area contributed by atoms with Crippen LogP contribution in [0.1, 0.15) is 26.7 Å². The van der Waals surface area contributed by atoms with Gasteiger partial charge in [0.15, 0.2) is 0 Å². The molecular formula is C10H18N2O2. The summed E-state index contributed by atoms with van der Waals surface area (Å²) in [5.74, 6) is -0.201. The number of carbonyl (C=O) groups is 1. The van der Waals surface area contributed by atoms with Gasteiger partial charge in [0.25, 0.3) is 0 Å². The van der Waals surface area contributed by atoms with Gasteiger partial charge in [-0.1, -0.05) is 6.92 Å². The number of hydrogen-bond donors (Lipinski definition) is 0. The number of nitriles is 1. The van der Waals surface area contributed by atoms with Gasteiger partial charge in [-0.25, -0.2) is 0 Å². The molecule has 0 spiro atoms. The first kappa shape index (κ1) is 12.9. The van der Waals surface area contributed by atoms with Crippen molar-refractivity contribution in [3.8, 4) is 6.07 Å². The molecule has 1 atom stereocenters. The Hall–Kier alpha value is -1.08. The summed E-state index contributed by atoms with van der Waals surface area (Å²) in [5.41, 5.74) is 0. The van der Waals surface area contributed by atoms with E-state index in [1.54, 1.807) is 0 Å². The van der Waals surface area contributed by atoms with Crippen molar-refractivity contribution in [3.05, 3.63) is 0 Å². The van der Waals surface area contributed by atoms with Crippen LogP contribution in [0.4, 0.5) is 0 Å². The summed E-state index contributed by atoms with van der Waals surface area (Å²) in [7, 11) is 1.39. The maximum Gasteiger partial charge on any atom is 0.306 e. The van der Waals surface area contributed by atoms with Crippen LogP contribution in [0, 0.1) is 11.3 Å². The van der Waals surface area contributed by atoms with E-state index in [2.05, 4.69) is 15.7 Å². The van der Waals surface area contributed by atoms with Gasteiger partial charge in [0, 0.05) is 12.6 Å². The third-order valence-corrected chi connectivity index (χ3v) is 2.25. The van der Waals surface area contributed by atoms with Gasteiger partial charge < -0.3 is 4.74 Å². The normalized spacial score (nSPS) is 12.2. The molecule has 0 bridgehead atoms. The highest BCUT2D eigenvalue weighted by molar-refractivity contribution is 5.69. The van der Waals surface area contributed by atoms with Crippen LogP contribution in [0.3, 0.4) is 0 Å². The molecule has 0 aromatic heterocycles. The molecule has 4 heteroatoms. The Bertz CT molecular complexity index is 211. The van der Waals surface area contributed by atoms with E-state index in [4.69, 9.17) is 5.26 Å². The standard InChI is InChI=1S/C10H18N2O2/c1-4-12(9(2)5-7-11)8-6-10(13)14-3/h9H,4-6,8H2,1-3H3. The number of esters is 1. The van der Waals surface area contributed by atoms with Crippen molar-refractivity contribution in [1.29, 1.82) is 5.26 Å². The summed E-state index contributed by atoms with van der Waals surface area (Å²) >= 11 is 0. The van der Waals surface area contributed by atoms with Crippen LogP contribution in [-0.2, 0) is 9.53 Å². The van der Waals surface area contributed by atoms with Crippen molar-refractivity contribution in [3.63, 3.8) is 0 Å². The van der Waals surface area contributed by atoms with Crippen molar-refractivity contribution < 1.29 is 9.53 Å². The molecule has 4 nitrogen and oxygen atoms in total. The highest BCUT2D eigenvalue weighted by atomic mass is 16.5. The molecule has 1 unspecified atom stereocenters. The average Bonchev–Trinajstić information content (AvgIpc) is 2.18. The smallest absolute Gasteiger partial charge is 0.306 e. The third-order valence-electron chi connectivity index (χ3n) is 2.25. The van der Waals surface area contributed by atoms with E-state index < -0.39 is 0 Å². The van der Waals surface area contributed by atoms with E-state index in [1.165, 1.54) is 7.11 Å². The average molecular weight is 198 g/mol. The molecule has 0 rings (SSSR count). The van der Waals surface area contributed by atoms with Gasteiger partial charge in [0.1, 0.15) is 0 Å². The van der Waals surface area contributed by atoms with E-state index in [9.17, 15) is 4.79 Å². The fourth-order valence-electron chi connectivity index (χ4n) is 1.29. The minimum absolute atomic E-state index is 0.201. The molecule has 80 valence electrons. The number of methoxy groups -OCH3 is 1. The molecule has 14 heavy (non-hydrogen) atoms. The molecule has 0 amide bonds. The van der Waals surface area contributed by atoms with Crippen LogP contribution < -0.4 is 0 Å². The van der Waals surface area contributed by atoms with E-state index in [1.807, 2.05) is 13.8 Å². The maximum atomic E-state index is 10.9. The molecule has 0 saturated carbocycles. The van der Waals surface area contributed by atoms with Gasteiger partial charge in [-0.15, -0.1) is 0 Å². The molecule has 0 aliphatic rings. The molecule has 0 aromatic carbocycles. The van der Waals surface area contributed by atoms with Crippen molar-refractivity contribution in [1.82, 2.24) is 4.90 Å². The number of hydrogen-bond acceptors (Lipinski definition) is 4. The summed E-state index contributed by atoms with van der Waals surface area (Å²) in [5, 5.41) is 8.54. The van der Waals surface area contributed by atoms with Crippen LogP contribution in [-0.4, -0.2) is 37.1 Å². The predicted molar refractivity (Wildman–Crippen MR) is 53.6 cm³/mol. The largest absolute Gasteiger partial charge is 0.469 e. The molecular weight excluding hydrogens is 180 g/mol. The molecule has 0 radical (unpaired) electrons. The van der Waals surface area contributed by atoms with Crippen LogP contribution in [0.5, 0.6) is 0 Å². The zero-order valence-corrected chi connectivity index (χ0v) is 9.12. The van der Waals surface area contributed by atoms with Crippen LogP contribution in [0.15, 0.2) is 0 Å². The van der Waals surface area contributed by atoms with E-state index in [-0.39, 0.29) is 12.0 Å². The summed E-state index contributed by atoms with van der Waals surface area (Å²) in [6, 6.07) is 2.33. The van der Waals surface area contributed by atoms with Crippen molar-refractivity contribution in [2.45, 2.75) is 32.7 Å². The topological polar surface area (TPSA) is 53.3 Å². The molecule has 0 aliphatic carbocycles. The molecule has 0 heterocycles. The highest BCUT2D eigenvalue weighted by Crippen LogP contribution is 2.03. The Morgan fingerprint density at radius 1 is 1.64 bits per heavy atom. The molecule has 0 saturated heterocycles. The monoisotopic (exact) mass is 198 g/mol. The zero-order valence-electron chi connectivity index (χ0n) is 9.12. The maximum absolute atomic E-state index is 10.9. The third kappa shape index (κ3) is 4.83. The van der Waals surface area contributed by atoms with Gasteiger partial charge in [-0.3, -0.25) is 9.69 Å². The number of nitrogens with zero attached hydrogens (tertiary/aromatic N) is 2. The first-order valence-electron chi connectivity index (χ1n) is 4.83. The molecule has 0 fully saturated rings. The van der Waals surface area contributed by atoms with E-state index >= 15 is 0 Å². The van der Waals surface area contributed by atoms with Crippen LogP contribution >= 0.6 is 0 Å². The lowest BCUT2D eigenvalue weighted by Gasteiger charge is -2.25. The van der Waals surface area contributed by atoms with Gasteiger partial charge in [-0.05, 0) is 13.5 Å². The van der Waals surface area contributed by atoms with Crippen LogP contribution in [0.25, 0.3) is 0 Å². The molecule has 0 aliphatic heterocycles. The zero-order chi connectivity index (χ0) is 11.0.